The Morgan fingerprint density at radius 3 is 2.33 bits per heavy atom. The van der Waals surface area contributed by atoms with Gasteiger partial charge in [-0.25, -0.2) is 8.57 Å². The van der Waals surface area contributed by atoms with Gasteiger partial charge in [0.25, 0.3) is 0 Å². The fourth-order valence-corrected chi connectivity index (χ4v) is 0.245. The summed E-state index contributed by atoms with van der Waals surface area (Å²) in [4.78, 5) is 0. The van der Waals surface area contributed by atoms with Gasteiger partial charge < -0.3 is 0 Å². The lowest BCUT2D eigenvalue weighted by molar-refractivity contribution is 0.453. The van der Waals surface area contributed by atoms with Gasteiger partial charge in [-0.3, -0.25) is 4.18 Å². The molecule has 0 rings (SSSR count). The topological polar surface area (TPSA) is 38.7 Å². The zero-order valence-corrected chi connectivity index (χ0v) is 4.61. The first-order chi connectivity index (χ1) is 2.81. The van der Waals surface area contributed by atoms with Crippen LogP contribution in [0.3, 0.4) is 0 Å². The van der Waals surface area contributed by atoms with Crippen LogP contribution in [0.25, 0.3) is 0 Å². The summed E-state index contributed by atoms with van der Waals surface area (Å²) in [7, 11) is 1.10. The molecule has 0 saturated carbocycles. The van der Waals surface area contributed by atoms with E-state index in [0.717, 1.165) is 0 Å². The third-order valence-corrected chi connectivity index (χ3v) is 0.958. The maximum absolute atomic E-state index is 9.94. The number of nitrogens with zero attached hydrogens (tertiary/aromatic N) is 1. The molecule has 0 bridgehead atoms. The normalized spacial score (nSPS) is 15.0. The molecule has 0 N–H and O–H groups in total. The Morgan fingerprint density at radius 2 is 2.33 bits per heavy atom. The van der Waals surface area contributed by atoms with Gasteiger partial charge in [-0.1, -0.05) is 0 Å². The van der Waals surface area contributed by atoms with E-state index in [1.54, 1.807) is 0 Å². The molecule has 0 amide bonds. The van der Waals surface area contributed by atoms with Crippen LogP contribution in [0.5, 0.6) is 0 Å². The third-order valence-electron chi connectivity index (χ3n) is 0.319. The van der Waals surface area contributed by atoms with E-state index < -0.39 is 10.9 Å². The maximum Gasteiger partial charge on any atom is 0.151 e. The van der Waals surface area contributed by atoms with Crippen LogP contribution in [-0.2, 0) is 15.1 Å². The van der Waals surface area contributed by atoms with Gasteiger partial charge in [0, 0.05) is 7.05 Å². The average molecular weight is 109 g/mol. The van der Waals surface area contributed by atoms with E-state index >= 15 is 0 Å². The summed E-state index contributed by atoms with van der Waals surface area (Å²) in [5, 5.41) is 0. The highest BCUT2D eigenvalue weighted by Gasteiger charge is 1.62. The molecule has 38 valence electrons. The van der Waals surface area contributed by atoms with Crippen LogP contribution in [0.1, 0.15) is 0 Å². The second kappa shape index (κ2) is 3.11. The van der Waals surface area contributed by atoms with Crippen molar-refractivity contribution in [3.05, 3.63) is 0 Å². The van der Waals surface area contributed by atoms with E-state index in [1.165, 1.54) is 14.2 Å². The van der Waals surface area contributed by atoms with E-state index in [-0.39, 0.29) is 0 Å². The fourth-order valence-electron chi connectivity index (χ4n) is 0.0816. The lowest BCUT2D eigenvalue weighted by atomic mass is 11.6. The van der Waals surface area contributed by atoms with Crippen molar-refractivity contribution < 1.29 is 8.39 Å². The van der Waals surface area contributed by atoms with Crippen LogP contribution in [0.4, 0.5) is 0 Å². The lowest BCUT2D eigenvalue weighted by Crippen LogP contribution is -1.74. The molecule has 3 nitrogen and oxygen atoms in total. The van der Waals surface area contributed by atoms with Crippen molar-refractivity contribution in [2.24, 2.45) is 4.36 Å². The van der Waals surface area contributed by atoms with Gasteiger partial charge in [0.05, 0.1) is 7.11 Å². The van der Waals surface area contributed by atoms with Crippen LogP contribution in [0.15, 0.2) is 4.36 Å². The molecule has 0 aromatic carbocycles. The van der Waals surface area contributed by atoms with Crippen LogP contribution in [0.2, 0.25) is 0 Å². The van der Waals surface area contributed by atoms with Crippen molar-refractivity contribution in [3.63, 3.8) is 0 Å². The van der Waals surface area contributed by atoms with Gasteiger partial charge in [-0.15, -0.1) is 0 Å². The number of hydrogen-bond acceptors (Lipinski definition) is 3. The van der Waals surface area contributed by atoms with E-state index in [9.17, 15) is 4.21 Å². The molecule has 0 aromatic rings. The van der Waals surface area contributed by atoms with Gasteiger partial charge in [-0.2, -0.15) is 0 Å². The molecule has 0 spiro atoms. The van der Waals surface area contributed by atoms with Crippen molar-refractivity contribution in [2.45, 2.75) is 0 Å². The summed E-state index contributed by atoms with van der Waals surface area (Å²) in [6.07, 6.45) is 0. The van der Waals surface area contributed by atoms with Crippen LogP contribution < -0.4 is 0 Å². The first-order valence-electron chi connectivity index (χ1n) is 1.42. The summed E-state index contributed by atoms with van der Waals surface area (Å²) in [5.41, 5.74) is 0. The first-order valence-corrected chi connectivity index (χ1v) is 2.55. The van der Waals surface area contributed by atoms with Crippen LogP contribution in [-0.4, -0.2) is 18.4 Å². The molecule has 0 saturated heterocycles. The maximum atomic E-state index is 9.94. The van der Waals surface area contributed by atoms with Crippen molar-refractivity contribution in [1.82, 2.24) is 0 Å². The van der Waals surface area contributed by atoms with Gasteiger partial charge >= 0.3 is 0 Å². The molecule has 1 atom stereocenters. The van der Waals surface area contributed by atoms with E-state index in [4.69, 9.17) is 0 Å². The molecule has 4 heteroatoms. The fraction of sp³-hybridized carbons (Fsp3) is 1.00. The number of hydrogen-bond donors (Lipinski definition) is 1. The largest absolute Gasteiger partial charge is 0.290 e. The molecular formula is C2H7NO2S. The SMILES string of the molecule is C/N=[SH](=O)\OC. The van der Waals surface area contributed by atoms with E-state index in [2.05, 4.69) is 8.55 Å². The molecule has 0 aromatic heterocycles. The van der Waals surface area contributed by atoms with Crippen molar-refractivity contribution in [2.75, 3.05) is 14.2 Å². The predicted octanol–water partition coefficient (Wildman–Crippen LogP) is -0.158. The molecular weight excluding hydrogens is 102 g/mol. The lowest BCUT2D eigenvalue weighted by Gasteiger charge is -1.76. The zero-order chi connectivity index (χ0) is 4.99. The van der Waals surface area contributed by atoms with Gasteiger partial charge in [0.1, 0.15) is 0 Å². The highest BCUT2D eigenvalue weighted by atomic mass is 32.2. The summed E-state index contributed by atoms with van der Waals surface area (Å²) in [5.74, 6) is 0. The third kappa shape index (κ3) is 2.17. The standard InChI is InChI=1S/C2H7NO2S/c1-3-6(4)5-2/h6H,1-2H3. The second-order valence-corrected chi connectivity index (χ2v) is 1.86. The molecule has 0 aliphatic heterocycles. The Bertz CT molecular complexity index is 93.7. The second-order valence-electron chi connectivity index (χ2n) is 0.620. The van der Waals surface area contributed by atoms with Crippen LogP contribution >= 0.6 is 0 Å². The zero-order valence-electron chi connectivity index (χ0n) is 3.71. The Hall–Kier alpha value is -0.0900. The molecule has 1 unspecified atom stereocenters. The van der Waals surface area contributed by atoms with Gasteiger partial charge in [-0.05, 0) is 0 Å². The number of rotatable bonds is 1. The minimum absolute atomic E-state index is 1.35. The molecule has 0 radical (unpaired) electrons. The van der Waals surface area contributed by atoms with Crippen molar-refractivity contribution in [1.29, 1.82) is 0 Å². The number of thiol groups is 1. The Kier molecular flexibility index (Phi) is 3.07. The molecule has 0 aliphatic rings. The molecule has 6 heavy (non-hydrogen) atoms. The molecule has 0 aliphatic carbocycles. The molecule has 0 fully saturated rings. The van der Waals surface area contributed by atoms with Crippen LogP contribution in [0, 0.1) is 0 Å². The Balaban J connectivity index is 3.54. The summed E-state index contributed by atoms with van der Waals surface area (Å²) < 4.78 is 17.5. The minimum atomic E-state index is -1.70. The summed E-state index contributed by atoms with van der Waals surface area (Å²) in [6, 6.07) is 0. The van der Waals surface area contributed by atoms with Gasteiger partial charge in [0.2, 0.25) is 0 Å². The van der Waals surface area contributed by atoms with Gasteiger partial charge in [0.15, 0.2) is 10.9 Å². The highest BCUT2D eigenvalue weighted by Crippen LogP contribution is 1.65. The van der Waals surface area contributed by atoms with E-state index in [1.807, 2.05) is 0 Å². The predicted molar refractivity (Wildman–Crippen MR) is 24.9 cm³/mol. The Labute approximate surface area is 38.7 Å². The smallest absolute Gasteiger partial charge is 0.151 e. The van der Waals surface area contributed by atoms with Crippen molar-refractivity contribution >= 4 is 10.9 Å². The summed E-state index contributed by atoms with van der Waals surface area (Å²) >= 11 is 0. The molecule has 0 heterocycles. The average Bonchev–Trinajstić information content (AvgIpc) is 1.65. The Morgan fingerprint density at radius 1 is 1.83 bits per heavy atom. The highest BCUT2D eigenvalue weighted by molar-refractivity contribution is 7.69. The minimum Gasteiger partial charge on any atom is -0.290 e. The summed E-state index contributed by atoms with van der Waals surface area (Å²) in [6.45, 7) is 0. The monoisotopic (exact) mass is 109 g/mol. The van der Waals surface area contributed by atoms with Crippen molar-refractivity contribution in [3.8, 4) is 0 Å². The first kappa shape index (κ1) is 5.91. The quantitative estimate of drug-likeness (QED) is 0.475. The van der Waals surface area contributed by atoms with E-state index in [0.29, 0.717) is 0 Å².